The van der Waals surface area contributed by atoms with Crippen molar-refractivity contribution < 1.29 is 22.7 Å². The average molecular weight is 351 g/mol. The predicted octanol–water partition coefficient (Wildman–Crippen LogP) is 3.18. The Hall–Kier alpha value is -2.64. The van der Waals surface area contributed by atoms with Gasteiger partial charge in [0.1, 0.15) is 6.10 Å². The molecule has 0 N–H and O–H groups in total. The van der Waals surface area contributed by atoms with Crippen LogP contribution in [0.3, 0.4) is 0 Å². The number of hydrogen-bond donors (Lipinski definition) is 0. The van der Waals surface area contributed by atoms with Crippen LogP contribution in [-0.4, -0.2) is 40.0 Å². The van der Waals surface area contributed by atoms with Crippen molar-refractivity contribution in [2.45, 2.75) is 25.1 Å². The molecule has 1 saturated heterocycles. The Bertz CT molecular complexity index is 720. The van der Waals surface area contributed by atoms with Crippen LogP contribution in [0.25, 0.3) is 0 Å². The van der Waals surface area contributed by atoms with E-state index in [9.17, 15) is 18.0 Å². The lowest BCUT2D eigenvalue weighted by molar-refractivity contribution is -0.137. The van der Waals surface area contributed by atoms with Crippen LogP contribution in [0.5, 0.6) is 6.01 Å². The number of piperidine rings is 1. The molecule has 132 valence electrons. The molecule has 3 rings (SSSR count). The molecular weight excluding hydrogens is 335 g/mol. The molecule has 0 aliphatic carbocycles. The Morgan fingerprint density at radius 1 is 1.16 bits per heavy atom. The standard InChI is InChI=1S/C17H16F3N3O2/c18-17(19,20)13-6-4-12(5-7-13)15(24)23-10-1-3-14(11-23)25-16-21-8-2-9-22-16/h2,4-9,14H,1,3,10-11H2. The van der Waals surface area contributed by atoms with Crippen LogP contribution in [0.4, 0.5) is 13.2 Å². The number of carbonyl (C=O) groups is 1. The molecule has 1 fully saturated rings. The Morgan fingerprint density at radius 2 is 1.84 bits per heavy atom. The van der Waals surface area contributed by atoms with Gasteiger partial charge < -0.3 is 9.64 Å². The molecule has 5 nitrogen and oxygen atoms in total. The lowest BCUT2D eigenvalue weighted by Crippen LogP contribution is -2.44. The molecule has 2 heterocycles. The molecule has 1 aromatic heterocycles. The van der Waals surface area contributed by atoms with Gasteiger partial charge in [-0.2, -0.15) is 13.2 Å². The van der Waals surface area contributed by atoms with E-state index in [1.165, 1.54) is 12.1 Å². The highest BCUT2D eigenvalue weighted by Crippen LogP contribution is 2.29. The SMILES string of the molecule is O=C(c1ccc(C(F)(F)F)cc1)N1CCCC(Oc2ncccn2)C1. The summed E-state index contributed by atoms with van der Waals surface area (Å²) in [5, 5.41) is 0. The number of nitrogens with zero attached hydrogens (tertiary/aromatic N) is 3. The third-order valence-corrected chi connectivity index (χ3v) is 3.94. The summed E-state index contributed by atoms with van der Waals surface area (Å²) in [6.07, 6.45) is -0.0261. The van der Waals surface area contributed by atoms with E-state index in [0.717, 1.165) is 25.0 Å². The molecule has 8 heteroatoms. The van der Waals surface area contributed by atoms with Crippen molar-refractivity contribution in [2.24, 2.45) is 0 Å². The molecule has 1 atom stereocenters. The van der Waals surface area contributed by atoms with Crippen molar-refractivity contribution in [1.29, 1.82) is 0 Å². The highest BCUT2D eigenvalue weighted by Gasteiger charge is 2.31. The van der Waals surface area contributed by atoms with Gasteiger partial charge in [-0.3, -0.25) is 4.79 Å². The Kier molecular flexibility index (Phi) is 4.87. The number of hydrogen-bond acceptors (Lipinski definition) is 4. The number of benzene rings is 1. The zero-order chi connectivity index (χ0) is 17.9. The van der Waals surface area contributed by atoms with Gasteiger partial charge in [-0.15, -0.1) is 0 Å². The van der Waals surface area contributed by atoms with Gasteiger partial charge in [0.2, 0.25) is 0 Å². The topological polar surface area (TPSA) is 55.3 Å². The number of rotatable bonds is 3. The minimum absolute atomic E-state index is 0.226. The van der Waals surface area contributed by atoms with E-state index < -0.39 is 11.7 Å². The number of halogens is 3. The van der Waals surface area contributed by atoms with E-state index in [0.29, 0.717) is 13.1 Å². The number of carbonyl (C=O) groups excluding carboxylic acids is 1. The minimum Gasteiger partial charge on any atom is -0.458 e. The summed E-state index contributed by atoms with van der Waals surface area (Å²) in [6, 6.07) is 6.17. The van der Waals surface area contributed by atoms with Crippen LogP contribution in [0, 0.1) is 0 Å². The molecule has 1 aromatic carbocycles. The van der Waals surface area contributed by atoms with Gasteiger partial charge in [0.15, 0.2) is 0 Å². The normalized spacial score (nSPS) is 18.0. The second-order valence-electron chi connectivity index (χ2n) is 5.74. The molecule has 2 aromatic rings. The minimum atomic E-state index is -4.42. The lowest BCUT2D eigenvalue weighted by atomic mass is 10.1. The average Bonchev–Trinajstić information content (AvgIpc) is 2.61. The summed E-state index contributed by atoms with van der Waals surface area (Å²) in [7, 11) is 0. The zero-order valence-electron chi connectivity index (χ0n) is 13.2. The van der Waals surface area contributed by atoms with E-state index in [1.54, 1.807) is 23.4 Å². The van der Waals surface area contributed by atoms with Gasteiger partial charge in [-0.25, -0.2) is 9.97 Å². The van der Waals surface area contributed by atoms with E-state index >= 15 is 0 Å². The molecule has 1 aliphatic heterocycles. The number of alkyl halides is 3. The van der Waals surface area contributed by atoms with Gasteiger partial charge in [0, 0.05) is 24.5 Å². The van der Waals surface area contributed by atoms with Crippen LogP contribution in [0.2, 0.25) is 0 Å². The zero-order valence-corrected chi connectivity index (χ0v) is 13.2. The molecule has 25 heavy (non-hydrogen) atoms. The van der Waals surface area contributed by atoms with Crippen LogP contribution >= 0.6 is 0 Å². The van der Waals surface area contributed by atoms with Crippen LogP contribution in [0.1, 0.15) is 28.8 Å². The first-order chi connectivity index (χ1) is 11.9. The maximum absolute atomic E-state index is 12.6. The highest BCUT2D eigenvalue weighted by atomic mass is 19.4. The first-order valence-electron chi connectivity index (χ1n) is 7.84. The quantitative estimate of drug-likeness (QED) is 0.852. The van der Waals surface area contributed by atoms with Crippen molar-refractivity contribution in [1.82, 2.24) is 14.9 Å². The summed E-state index contributed by atoms with van der Waals surface area (Å²) >= 11 is 0. The van der Waals surface area contributed by atoms with Crippen LogP contribution < -0.4 is 4.74 Å². The van der Waals surface area contributed by atoms with Crippen molar-refractivity contribution in [3.8, 4) is 6.01 Å². The third kappa shape index (κ3) is 4.26. The number of ether oxygens (including phenoxy) is 1. The van der Waals surface area contributed by atoms with Gasteiger partial charge in [0.05, 0.1) is 12.1 Å². The molecule has 0 radical (unpaired) electrons. The number of likely N-dealkylation sites (tertiary alicyclic amines) is 1. The van der Waals surface area contributed by atoms with E-state index in [4.69, 9.17) is 4.74 Å². The summed E-state index contributed by atoms with van der Waals surface area (Å²) in [6.45, 7) is 0.882. The van der Waals surface area contributed by atoms with E-state index in [2.05, 4.69) is 9.97 Å². The molecule has 1 aliphatic rings. The third-order valence-electron chi connectivity index (χ3n) is 3.94. The fraction of sp³-hybridized carbons (Fsp3) is 0.353. The second-order valence-corrected chi connectivity index (χ2v) is 5.74. The monoisotopic (exact) mass is 351 g/mol. The Balaban J connectivity index is 1.65. The van der Waals surface area contributed by atoms with E-state index in [1.807, 2.05) is 0 Å². The lowest BCUT2D eigenvalue weighted by Gasteiger charge is -2.32. The van der Waals surface area contributed by atoms with Crippen molar-refractivity contribution in [3.05, 3.63) is 53.9 Å². The largest absolute Gasteiger partial charge is 0.458 e. The maximum Gasteiger partial charge on any atom is 0.416 e. The van der Waals surface area contributed by atoms with Crippen molar-refractivity contribution in [3.63, 3.8) is 0 Å². The molecule has 1 amide bonds. The summed E-state index contributed by atoms with van der Waals surface area (Å²) in [5.74, 6) is -0.309. The first-order valence-corrected chi connectivity index (χ1v) is 7.84. The van der Waals surface area contributed by atoms with Crippen molar-refractivity contribution in [2.75, 3.05) is 13.1 Å². The van der Waals surface area contributed by atoms with Gasteiger partial charge in [-0.1, -0.05) is 0 Å². The van der Waals surface area contributed by atoms with Gasteiger partial charge in [0.25, 0.3) is 5.91 Å². The van der Waals surface area contributed by atoms with Crippen molar-refractivity contribution >= 4 is 5.91 Å². The Morgan fingerprint density at radius 3 is 2.48 bits per heavy atom. The fourth-order valence-corrected chi connectivity index (χ4v) is 2.70. The summed E-state index contributed by atoms with van der Waals surface area (Å²) in [5.41, 5.74) is -0.547. The molecule has 0 spiro atoms. The second kappa shape index (κ2) is 7.08. The van der Waals surface area contributed by atoms with E-state index in [-0.39, 0.29) is 23.6 Å². The van der Waals surface area contributed by atoms with Crippen LogP contribution in [-0.2, 0) is 6.18 Å². The smallest absolute Gasteiger partial charge is 0.416 e. The molecule has 0 bridgehead atoms. The van der Waals surface area contributed by atoms with Gasteiger partial charge >= 0.3 is 12.2 Å². The number of amides is 1. The summed E-state index contributed by atoms with van der Waals surface area (Å²) in [4.78, 5) is 22.1. The molecule has 0 saturated carbocycles. The maximum atomic E-state index is 12.6. The van der Waals surface area contributed by atoms with Crippen LogP contribution in [0.15, 0.2) is 42.7 Å². The first kappa shape index (κ1) is 17.2. The molecular formula is C17H16F3N3O2. The number of aromatic nitrogens is 2. The predicted molar refractivity (Wildman–Crippen MR) is 83.0 cm³/mol. The summed E-state index contributed by atoms with van der Waals surface area (Å²) < 4.78 is 43.5. The molecule has 1 unspecified atom stereocenters. The van der Waals surface area contributed by atoms with Gasteiger partial charge in [-0.05, 0) is 43.2 Å². The highest BCUT2D eigenvalue weighted by molar-refractivity contribution is 5.94. The fourth-order valence-electron chi connectivity index (χ4n) is 2.70. The Labute approximate surface area is 142 Å².